The highest BCUT2D eigenvalue weighted by molar-refractivity contribution is 5.75. The number of nitrogens with zero attached hydrogens (tertiary/aromatic N) is 3. The molecule has 2 atom stereocenters. The molecule has 0 spiro atoms. The van der Waals surface area contributed by atoms with E-state index in [1.54, 1.807) is 12.5 Å². The maximum atomic E-state index is 12.8. The molecule has 4 rings (SSSR count). The Morgan fingerprint density at radius 3 is 2.45 bits per heavy atom. The molecular weight excluding hydrogens is 390 g/mol. The molecular formula is C24H29N5O2. The summed E-state index contributed by atoms with van der Waals surface area (Å²) in [6.45, 7) is 5.98. The zero-order chi connectivity index (χ0) is 21.5. The van der Waals surface area contributed by atoms with Gasteiger partial charge in [0.25, 0.3) is 0 Å². The summed E-state index contributed by atoms with van der Waals surface area (Å²) in [4.78, 5) is 19.2. The number of carbonyl (C=O) groups is 1. The molecule has 31 heavy (non-hydrogen) atoms. The van der Waals surface area contributed by atoms with Crippen molar-refractivity contribution >= 4 is 6.03 Å². The molecule has 1 fully saturated rings. The Balaban J connectivity index is 1.38. The summed E-state index contributed by atoms with van der Waals surface area (Å²) in [6, 6.07) is 17.9. The number of rotatable bonds is 7. The van der Waals surface area contributed by atoms with E-state index in [-0.39, 0.29) is 18.1 Å². The molecule has 1 saturated heterocycles. The molecule has 1 aromatic heterocycles. The summed E-state index contributed by atoms with van der Waals surface area (Å²) in [5.74, 6) is 0. The molecule has 2 heterocycles. The predicted molar refractivity (Wildman–Crippen MR) is 120 cm³/mol. The van der Waals surface area contributed by atoms with Gasteiger partial charge in [-0.25, -0.2) is 9.78 Å². The Labute approximate surface area is 183 Å². The fourth-order valence-corrected chi connectivity index (χ4v) is 3.79. The number of amides is 2. The van der Waals surface area contributed by atoms with E-state index in [0.717, 1.165) is 49.7 Å². The summed E-state index contributed by atoms with van der Waals surface area (Å²) in [6.07, 6.45) is 5.42. The van der Waals surface area contributed by atoms with Gasteiger partial charge in [-0.15, -0.1) is 0 Å². The summed E-state index contributed by atoms with van der Waals surface area (Å²) < 4.78 is 7.40. The number of ether oxygens (including phenoxy) is 1. The monoisotopic (exact) mass is 419 g/mol. The van der Waals surface area contributed by atoms with E-state index in [9.17, 15) is 4.79 Å². The standard InChI is InChI=1S/C24H29N5O2/c1-19(20-7-9-22(10-8-20)29-12-11-25-18-29)26-24(30)27-23(21-5-3-2-4-6-21)17-28-13-15-31-16-14-28/h2-12,18-19,23H,13-17H2,1H3,(H2,26,27,30)/t19-,23-/m1/s1. The lowest BCUT2D eigenvalue weighted by Crippen LogP contribution is -2.46. The highest BCUT2D eigenvalue weighted by Crippen LogP contribution is 2.18. The van der Waals surface area contributed by atoms with Gasteiger partial charge in [0.05, 0.1) is 31.6 Å². The van der Waals surface area contributed by atoms with Crippen LogP contribution < -0.4 is 10.6 Å². The highest BCUT2D eigenvalue weighted by Gasteiger charge is 2.21. The van der Waals surface area contributed by atoms with E-state index < -0.39 is 0 Å². The van der Waals surface area contributed by atoms with Crippen molar-refractivity contribution in [3.63, 3.8) is 0 Å². The Bertz CT molecular complexity index is 938. The van der Waals surface area contributed by atoms with Crippen LogP contribution in [0.25, 0.3) is 5.69 Å². The smallest absolute Gasteiger partial charge is 0.315 e. The first-order valence-electron chi connectivity index (χ1n) is 10.7. The maximum absolute atomic E-state index is 12.8. The van der Waals surface area contributed by atoms with Crippen LogP contribution in [0.4, 0.5) is 4.79 Å². The van der Waals surface area contributed by atoms with Gasteiger partial charge in [-0.05, 0) is 30.2 Å². The lowest BCUT2D eigenvalue weighted by atomic mass is 10.1. The Morgan fingerprint density at radius 1 is 1.03 bits per heavy atom. The van der Waals surface area contributed by atoms with Crippen molar-refractivity contribution in [1.82, 2.24) is 25.1 Å². The van der Waals surface area contributed by atoms with E-state index in [4.69, 9.17) is 4.74 Å². The second-order valence-electron chi connectivity index (χ2n) is 7.78. The second kappa shape index (κ2) is 10.2. The highest BCUT2D eigenvalue weighted by atomic mass is 16.5. The van der Waals surface area contributed by atoms with Crippen LogP contribution in [0.5, 0.6) is 0 Å². The van der Waals surface area contributed by atoms with Crippen molar-refractivity contribution in [3.8, 4) is 5.69 Å². The summed E-state index contributed by atoms with van der Waals surface area (Å²) in [5.41, 5.74) is 3.18. The molecule has 1 aliphatic rings. The molecule has 2 aromatic carbocycles. The molecule has 7 nitrogen and oxygen atoms in total. The van der Waals surface area contributed by atoms with Crippen LogP contribution in [0.2, 0.25) is 0 Å². The van der Waals surface area contributed by atoms with Crippen LogP contribution in [0.1, 0.15) is 30.1 Å². The van der Waals surface area contributed by atoms with Gasteiger partial charge < -0.3 is 19.9 Å². The average molecular weight is 420 g/mol. The zero-order valence-corrected chi connectivity index (χ0v) is 17.8. The van der Waals surface area contributed by atoms with Crippen LogP contribution in [0.3, 0.4) is 0 Å². The van der Waals surface area contributed by atoms with Crippen LogP contribution in [-0.2, 0) is 4.74 Å². The average Bonchev–Trinajstić information content (AvgIpc) is 3.35. The maximum Gasteiger partial charge on any atom is 0.315 e. The number of urea groups is 1. The number of imidazole rings is 1. The van der Waals surface area contributed by atoms with Crippen molar-refractivity contribution in [2.75, 3.05) is 32.8 Å². The Morgan fingerprint density at radius 2 is 1.77 bits per heavy atom. The van der Waals surface area contributed by atoms with Gasteiger partial charge in [0.15, 0.2) is 0 Å². The Hall–Kier alpha value is -3.16. The number of carbonyl (C=O) groups excluding carboxylic acids is 1. The predicted octanol–water partition coefficient (Wildman–Crippen LogP) is 3.31. The van der Waals surface area contributed by atoms with Gasteiger partial charge in [0.1, 0.15) is 0 Å². The molecule has 0 bridgehead atoms. The van der Waals surface area contributed by atoms with Crippen molar-refractivity contribution in [2.24, 2.45) is 0 Å². The SMILES string of the molecule is C[C@@H](NC(=O)N[C@H](CN1CCOCC1)c1ccccc1)c1ccc(-n2ccnc2)cc1. The van der Waals surface area contributed by atoms with Gasteiger partial charge in [-0.1, -0.05) is 42.5 Å². The van der Waals surface area contributed by atoms with Gasteiger partial charge in [-0.2, -0.15) is 0 Å². The third kappa shape index (κ3) is 5.71. The van der Waals surface area contributed by atoms with Crippen LogP contribution in [0.15, 0.2) is 73.3 Å². The van der Waals surface area contributed by atoms with E-state index in [1.807, 2.05) is 60.2 Å². The quantitative estimate of drug-likeness (QED) is 0.616. The van der Waals surface area contributed by atoms with Crippen molar-refractivity contribution in [3.05, 3.63) is 84.4 Å². The van der Waals surface area contributed by atoms with Crippen molar-refractivity contribution in [2.45, 2.75) is 19.0 Å². The molecule has 2 N–H and O–H groups in total. The van der Waals surface area contributed by atoms with Crippen LogP contribution >= 0.6 is 0 Å². The third-order valence-corrected chi connectivity index (χ3v) is 5.59. The lowest BCUT2D eigenvalue weighted by Gasteiger charge is -2.31. The third-order valence-electron chi connectivity index (χ3n) is 5.59. The van der Waals surface area contributed by atoms with Crippen LogP contribution in [0, 0.1) is 0 Å². The molecule has 7 heteroatoms. The van der Waals surface area contributed by atoms with E-state index in [2.05, 4.69) is 32.7 Å². The number of morpholine rings is 1. The van der Waals surface area contributed by atoms with E-state index >= 15 is 0 Å². The van der Waals surface area contributed by atoms with E-state index in [0.29, 0.717) is 0 Å². The van der Waals surface area contributed by atoms with Gasteiger partial charge in [0, 0.05) is 37.7 Å². The minimum atomic E-state index is -0.173. The number of hydrogen-bond donors (Lipinski definition) is 2. The largest absolute Gasteiger partial charge is 0.379 e. The first-order chi connectivity index (χ1) is 15.2. The number of hydrogen-bond acceptors (Lipinski definition) is 4. The first kappa shape index (κ1) is 21.1. The fourth-order valence-electron chi connectivity index (χ4n) is 3.79. The molecule has 2 amide bonds. The minimum Gasteiger partial charge on any atom is -0.379 e. The minimum absolute atomic E-state index is 0.0879. The van der Waals surface area contributed by atoms with E-state index in [1.165, 1.54) is 0 Å². The fraction of sp³-hybridized carbons (Fsp3) is 0.333. The number of benzene rings is 2. The molecule has 1 aliphatic heterocycles. The Kier molecular flexibility index (Phi) is 6.96. The van der Waals surface area contributed by atoms with Crippen LogP contribution in [-0.4, -0.2) is 53.3 Å². The topological polar surface area (TPSA) is 71.4 Å². The molecule has 0 unspecified atom stereocenters. The zero-order valence-electron chi connectivity index (χ0n) is 17.8. The number of nitrogens with one attached hydrogen (secondary N) is 2. The molecule has 0 aliphatic carbocycles. The second-order valence-corrected chi connectivity index (χ2v) is 7.78. The molecule has 3 aromatic rings. The molecule has 0 radical (unpaired) electrons. The summed E-state index contributed by atoms with van der Waals surface area (Å²) >= 11 is 0. The summed E-state index contributed by atoms with van der Waals surface area (Å²) in [7, 11) is 0. The molecule has 0 saturated carbocycles. The van der Waals surface area contributed by atoms with Crippen molar-refractivity contribution < 1.29 is 9.53 Å². The summed E-state index contributed by atoms with van der Waals surface area (Å²) in [5, 5.41) is 6.25. The molecule has 162 valence electrons. The lowest BCUT2D eigenvalue weighted by molar-refractivity contribution is 0.0339. The van der Waals surface area contributed by atoms with Gasteiger partial charge in [0.2, 0.25) is 0 Å². The first-order valence-corrected chi connectivity index (χ1v) is 10.7. The normalized spacial score (nSPS) is 16.4. The van der Waals surface area contributed by atoms with Gasteiger partial charge >= 0.3 is 6.03 Å². The van der Waals surface area contributed by atoms with Crippen molar-refractivity contribution in [1.29, 1.82) is 0 Å². The van der Waals surface area contributed by atoms with Gasteiger partial charge in [-0.3, -0.25) is 4.90 Å². The number of aromatic nitrogens is 2.